The molecule has 2 aromatic carbocycles. The van der Waals surface area contributed by atoms with E-state index in [2.05, 4.69) is 37.2 Å². The first-order chi connectivity index (χ1) is 17.9. The van der Waals surface area contributed by atoms with Crippen molar-refractivity contribution in [2.75, 3.05) is 27.9 Å². The van der Waals surface area contributed by atoms with E-state index < -0.39 is 5.82 Å². The van der Waals surface area contributed by atoms with E-state index in [9.17, 15) is 0 Å². The smallest absolute Gasteiger partial charge is 0.180 e. The van der Waals surface area contributed by atoms with Crippen LogP contribution in [0, 0.1) is 5.82 Å². The van der Waals surface area contributed by atoms with Gasteiger partial charge in [0.2, 0.25) is 0 Å². The van der Waals surface area contributed by atoms with Gasteiger partial charge in [0.25, 0.3) is 0 Å². The van der Waals surface area contributed by atoms with Crippen LogP contribution in [-0.4, -0.2) is 62.1 Å². The van der Waals surface area contributed by atoms with E-state index in [0.29, 0.717) is 47.1 Å². The van der Waals surface area contributed by atoms with Crippen molar-refractivity contribution in [3.8, 4) is 23.0 Å². The third-order valence-electron chi connectivity index (χ3n) is 6.46. The molecule has 5 aromatic rings. The molecule has 3 heterocycles. The summed E-state index contributed by atoms with van der Waals surface area (Å²) in [5, 5.41) is 9.46. The Balaban J connectivity index is 1.63. The number of aromatic nitrogens is 6. The van der Waals surface area contributed by atoms with Gasteiger partial charge < -0.3 is 23.6 Å². The molecule has 1 N–H and O–H groups in total. The predicted octanol–water partition coefficient (Wildman–Crippen LogP) is 4.77. The fraction of sp³-hybridized carbons (Fsp3) is 0.269. The van der Waals surface area contributed by atoms with Crippen molar-refractivity contribution < 1.29 is 13.9 Å². The Bertz CT molecular complexity index is 1520. The maximum Gasteiger partial charge on any atom is 0.180 e. The van der Waals surface area contributed by atoms with Crippen LogP contribution in [0.1, 0.15) is 17.4 Å². The van der Waals surface area contributed by atoms with E-state index >= 15 is 4.39 Å². The van der Waals surface area contributed by atoms with Crippen molar-refractivity contribution in [1.82, 2.24) is 34.2 Å². The Hall–Kier alpha value is -3.73. The van der Waals surface area contributed by atoms with Gasteiger partial charge in [0.1, 0.15) is 16.5 Å². The summed E-state index contributed by atoms with van der Waals surface area (Å²) in [5.74, 6) is 0.770. The molecule has 0 bridgehead atoms. The van der Waals surface area contributed by atoms with E-state index in [4.69, 9.17) is 21.1 Å². The van der Waals surface area contributed by atoms with E-state index in [1.54, 1.807) is 48.1 Å². The number of nitrogens with one attached hydrogen (secondary N) is 1. The number of hydrogen-bond acceptors (Lipinski definition) is 6. The van der Waals surface area contributed by atoms with Crippen molar-refractivity contribution in [2.24, 2.45) is 7.05 Å². The number of fused-ring (bicyclic) bond motifs is 1. The standard InChI is InChI=1S/C26H27ClFN7O2/c1-33(13-16-8-6-5-7-9-16)18(14-36-3)25-30-26(32-31-25)24-23(35-11-10-29-15-35)17-12-19(37-4)20(27)21(28)22(17)34(24)2/h5-12,15,18H,13-14H2,1-4H3,(H,30,31,32). The Kier molecular flexibility index (Phi) is 6.96. The fourth-order valence-electron chi connectivity index (χ4n) is 4.66. The zero-order valence-corrected chi connectivity index (χ0v) is 21.7. The lowest BCUT2D eigenvalue weighted by atomic mass is 10.2. The van der Waals surface area contributed by atoms with Crippen molar-refractivity contribution in [1.29, 1.82) is 0 Å². The fourth-order valence-corrected chi connectivity index (χ4v) is 4.88. The summed E-state index contributed by atoms with van der Waals surface area (Å²) in [6, 6.07) is 11.7. The van der Waals surface area contributed by atoms with E-state index in [-0.39, 0.29) is 16.8 Å². The predicted molar refractivity (Wildman–Crippen MR) is 139 cm³/mol. The van der Waals surface area contributed by atoms with Crippen LogP contribution < -0.4 is 4.74 Å². The van der Waals surface area contributed by atoms with E-state index in [0.717, 1.165) is 0 Å². The molecule has 0 saturated heterocycles. The highest BCUT2D eigenvalue weighted by Crippen LogP contribution is 2.41. The summed E-state index contributed by atoms with van der Waals surface area (Å²) in [4.78, 5) is 9.69. The maximum absolute atomic E-state index is 15.5. The van der Waals surface area contributed by atoms with Gasteiger partial charge in [-0.1, -0.05) is 41.9 Å². The van der Waals surface area contributed by atoms with Crippen molar-refractivity contribution >= 4 is 22.5 Å². The van der Waals surface area contributed by atoms with Crippen LogP contribution in [0.2, 0.25) is 5.02 Å². The largest absolute Gasteiger partial charge is 0.495 e. The van der Waals surface area contributed by atoms with Crippen LogP contribution in [0.25, 0.3) is 28.1 Å². The van der Waals surface area contributed by atoms with Crippen LogP contribution in [-0.2, 0) is 18.3 Å². The average molecular weight is 524 g/mol. The van der Waals surface area contributed by atoms with Crippen molar-refractivity contribution in [3.63, 3.8) is 0 Å². The normalized spacial score (nSPS) is 12.5. The molecule has 0 radical (unpaired) electrons. The SMILES string of the molecule is COCC(c1nnc(-c2c(-n3ccnc3)c3cc(OC)c(Cl)c(F)c3n2C)[nH]1)N(C)Cc1ccccc1. The lowest BCUT2D eigenvalue weighted by Gasteiger charge is -2.25. The summed E-state index contributed by atoms with van der Waals surface area (Å²) in [6.07, 6.45) is 5.09. The minimum absolute atomic E-state index is 0.0831. The molecule has 1 unspecified atom stereocenters. The van der Waals surface area contributed by atoms with Crippen molar-refractivity contribution in [3.05, 3.63) is 77.3 Å². The maximum atomic E-state index is 15.5. The Morgan fingerprint density at radius 3 is 2.65 bits per heavy atom. The number of hydrogen-bond donors (Lipinski definition) is 1. The summed E-state index contributed by atoms with van der Waals surface area (Å²) >= 11 is 6.27. The number of H-pyrrole nitrogens is 1. The molecular weight excluding hydrogens is 497 g/mol. The van der Waals surface area contributed by atoms with Gasteiger partial charge in [0.05, 0.1) is 37.3 Å². The number of aryl methyl sites for hydroxylation is 1. The Labute approximate surface area is 218 Å². The molecular formula is C26H27ClFN7O2. The third kappa shape index (κ3) is 4.48. The van der Waals surface area contributed by atoms with Crippen molar-refractivity contribution in [2.45, 2.75) is 12.6 Å². The van der Waals surface area contributed by atoms with E-state index in [1.165, 1.54) is 12.7 Å². The topological polar surface area (TPSA) is 86.0 Å². The van der Waals surface area contributed by atoms with Gasteiger partial charge >= 0.3 is 0 Å². The molecule has 3 aromatic heterocycles. The highest BCUT2D eigenvalue weighted by Gasteiger charge is 2.28. The van der Waals surface area contributed by atoms with Gasteiger partial charge in [-0.25, -0.2) is 9.37 Å². The Morgan fingerprint density at radius 2 is 1.97 bits per heavy atom. The number of benzene rings is 2. The van der Waals surface area contributed by atoms with Crippen LogP contribution in [0.15, 0.2) is 55.1 Å². The molecule has 9 nitrogen and oxygen atoms in total. The van der Waals surface area contributed by atoms with Crippen LogP contribution in [0.5, 0.6) is 5.75 Å². The first kappa shape index (κ1) is 24.9. The molecule has 5 rings (SSSR count). The minimum Gasteiger partial charge on any atom is -0.495 e. The lowest BCUT2D eigenvalue weighted by Crippen LogP contribution is -2.28. The number of ether oxygens (including phenoxy) is 2. The molecule has 37 heavy (non-hydrogen) atoms. The second kappa shape index (κ2) is 10.3. The minimum atomic E-state index is -0.578. The van der Waals surface area contributed by atoms with Gasteiger partial charge in [-0.05, 0) is 18.7 Å². The number of methoxy groups -OCH3 is 2. The first-order valence-electron chi connectivity index (χ1n) is 11.6. The molecule has 192 valence electrons. The van der Waals surface area contributed by atoms with Crippen LogP contribution in [0.3, 0.4) is 0 Å². The van der Waals surface area contributed by atoms with Gasteiger partial charge in [-0.2, -0.15) is 0 Å². The number of likely N-dealkylation sites (N-methyl/N-ethyl adjacent to an activating group) is 1. The molecule has 0 saturated carbocycles. The summed E-state index contributed by atoms with van der Waals surface area (Å²) in [7, 11) is 6.88. The number of aromatic amines is 1. The molecule has 0 aliphatic carbocycles. The number of imidazole rings is 1. The van der Waals surface area contributed by atoms with Gasteiger partial charge in [0.15, 0.2) is 17.5 Å². The monoisotopic (exact) mass is 523 g/mol. The van der Waals surface area contributed by atoms with Crippen LogP contribution in [0.4, 0.5) is 4.39 Å². The molecule has 0 amide bonds. The quantitative estimate of drug-likeness (QED) is 0.299. The summed E-state index contributed by atoms with van der Waals surface area (Å²) in [5.41, 5.74) is 2.78. The summed E-state index contributed by atoms with van der Waals surface area (Å²) in [6.45, 7) is 1.10. The second-order valence-electron chi connectivity index (χ2n) is 8.76. The molecule has 0 fully saturated rings. The number of rotatable bonds is 9. The third-order valence-corrected chi connectivity index (χ3v) is 6.81. The van der Waals surface area contributed by atoms with Gasteiger partial charge in [-0.15, -0.1) is 10.2 Å². The molecule has 11 heteroatoms. The second-order valence-corrected chi connectivity index (χ2v) is 9.14. The lowest BCUT2D eigenvalue weighted by molar-refractivity contribution is 0.0977. The highest BCUT2D eigenvalue weighted by atomic mass is 35.5. The molecule has 0 aliphatic heterocycles. The molecule has 0 spiro atoms. The van der Waals surface area contributed by atoms with E-state index in [1.807, 2.05) is 25.2 Å². The average Bonchev–Trinajstić information content (AvgIpc) is 3.65. The zero-order valence-electron chi connectivity index (χ0n) is 20.9. The molecule has 1 atom stereocenters. The first-order valence-corrected chi connectivity index (χ1v) is 12.0. The van der Waals surface area contributed by atoms with Crippen LogP contribution >= 0.6 is 11.6 Å². The Morgan fingerprint density at radius 1 is 1.19 bits per heavy atom. The zero-order chi connectivity index (χ0) is 26.1. The number of halogens is 2. The van der Waals surface area contributed by atoms with Gasteiger partial charge in [-0.3, -0.25) is 4.90 Å². The van der Waals surface area contributed by atoms with Gasteiger partial charge in [0, 0.05) is 38.5 Å². The number of nitrogens with zero attached hydrogens (tertiary/aromatic N) is 6. The summed E-state index contributed by atoms with van der Waals surface area (Å²) < 4.78 is 29.9. The highest BCUT2D eigenvalue weighted by molar-refractivity contribution is 6.33. The molecule has 0 aliphatic rings.